The SMILES string of the molecule is Cc1cccc2c(-c3ccc(N(C)C)cc3)cnc(NCC(C)(C)CO)c12. The number of rotatable bonds is 6. The molecule has 0 radical (unpaired) electrons. The van der Waals surface area contributed by atoms with Crippen molar-refractivity contribution in [1.29, 1.82) is 0 Å². The van der Waals surface area contributed by atoms with E-state index in [9.17, 15) is 5.11 Å². The summed E-state index contributed by atoms with van der Waals surface area (Å²) in [5, 5.41) is 15.3. The maximum atomic E-state index is 9.53. The fraction of sp³-hybridized carbons (Fsp3) is 0.348. The molecule has 0 saturated heterocycles. The number of nitrogens with zero attached hydrogens (tertiary/aromatic N) is 2. The van der Waals surface area contributed by atoms with Gasteiger partial charge in [-0.2, -0.15) is 0 Å². The van der Waals surface area contributed by atoms with Gasteiger partial charge in [0.25, 0.3) is 0 Å². The molecule has 3 aromatic rings. The monoisotopic (exact) mass is 363 g/mol. The largest absolute Gasteiger partial charge is 0.396 e. The first kappa shape index (κ1) is 19.2. The van der Waals surface area contributed by atoms with E-state index >= 15 is 0 Å². The number of hydrogen-bond acceptors (Lipinski definition) is 4. The molecule has 142 valence electrons. The Morgan fingerprint density at radius 1 is 1.07 bits per heavy atom. The highest BCUT2D eigenvalue weighted by Gasteiger charge is 2.18. The molecule has 0 fully saturated rings. The van der Waals surface area contributed by atoms with Gasteiger partial charge in [0, 0.05) is 55.5 Å². The first-order chi connectivity index (χ1) is 12.8. The van der Waals surface area contributed by atoms with Crippen LogP contribution in [0.15, 0.2) is 48.7 Å². The Kier molecular flexibility index (Phi) is 5.38. The average molecular weight is 364 g/mol. The van der Waals surface area contributed by atoms with E-state index in [0.29, 0.717) is 6.54 Å². The number of fused-ring (bicyclic) bond motifs is 1. The van der Waals surface area contributed by atoms with Gasteiger partial charge >= 0.3 is 0 Å². The summed E-state index contributed by atoms with van der Waals surface area (Å²) in [5.74, 6) is 0.873. The van der Waals surface area contributed by atoms with Crippen molar-refractivity contribution < 1.29 is 5.11 Å². The molecule has 0 atom stereocenters. The summed E-state index contributed by atoms with van der Waals surface area (Å²) in [6.07, 6.45) is 1.95. The Balaban J connectivity index is 2.06. The molecular formula is C23H29N3O. The van der Waals surface area contributed by atoms with Gasteiger partial charge in [-0.25, -0.2) is 4.98 Å². The van der Waals surface area contributed by atoms with Crippen molar-refractivity contribution in [3.8, 4) is 11.1 Å². The molecule has 0 aliphatic heterocycles. The van der Waals surface area contributed by atoms with E-state index in [2.05, 4.69) is 59.6 Å². The Bertz CT molecular complexity index is 930. The van der Waals surface area contributed by atoms with Crippen molar-refractivity contribution in [1.82, 2.24) is 4.98 Å². The summed E-state index contributed by atoms with van der Waals surface area (Å²) in [6, 6.07) is 14.9. The Morgan fingerprint density at radius 3 is 2.41 bits per heavy atom. The van der Waals surface area contributed by atoms with Crippen LogP contribution in [-0.2, 0) is 0 Å². The highest BCUT2D eigenvalue weighted by atomic mass is 16.3. The number of benzene rings is 2. The van der Waals surface area contributed by atoms with E-state index in [-0.39, 0.29) is 12.0 Å². The van der Waals surface area contributed by atoms with Gasteiger partial charge in [-0.1, -0.05) is 44.2 Å². The van der Waals surface area contributed by atoms with Crippen molar-refractivity contribution in [2.45, 2.75) is 20.8 Å². The Hall–Kier alpha value is -2.59. The van der Waals surface area contributed by atoms with Crippen LogP contribution in [0.25, 0.3) is 21.9 Å². The van der Waals surface area contributed by atoms with E-state index < -0.39 is 0 Å². The van der Waals surface area contributed by atoms with Crippen LogP contribution in [0.2, 0.25) is 0 Å². The minimum absolute atomic E-state index is 0.132. The van der Waals surface area contributed by atoms with E-state index in [0.717, 1.165) is 22.3 Å². The van der Waals surface area contributed by atoms with Gasteiger partial charge in [0.15, 0.2) is 0 Å². The normalized spacial score (nSPS) is 11.6. The van der Waals surface area contributed by atoms with Crippen molar-refractivity contribution in [3.05, 3.63) is 54.2 Å². The molecule has 0 bridgehead atoms. The van der Waals surface area contributed by atoms with Gasteiger partial charge in [0.05, 0.1) is 0 Å². The lowest BCUT2D eigenvalue weighted by atomic mass is 9.94. The fourth-order valence-electron chi connectivity index (χ4n) is 3.15. The lowest BCUT2D eigenvalue weighted by Gasteiger charge is -2.23. The molecule has 0 saturated carbocycles. The fourth-order valence-corrected chi connectivity index (χ4v) is 3.15. The summed E-state index contributed by atoms with van der Waals surface area (Å²) in [7, 11) is 4.09. The smallest absolute Gasteiger partial charge is 0.134 e. The Morgan fingerprint density at radius 2 is 1.78 bits per heavy atom. The summed E-state index contributed by atoms with van der Waals surface area (Å²) >= 11 is 0. The molecule has 4 nitrogen and oxygen atoms in total. The lowest BCUT2D eigenvalue weighted by molar-refractivity contribution is 0.171. The van der Waals surface area contributed by atoms with E-state index in [1.165, 1.54) is 16.6 Å². The molecule has 2 N–H and O–H groups in total. The molecule has 1 heterocycles. The zero-order valence-electron chi connectivity index (χ0n) is 16.9. The van der Waals surface area contributed by atoms with Crippen molar-refractivity contribution in [2.24, 2.45) is 5.41 Å². The topological polar surface area (TPSA) is 48.4 Å². The highest BCUT2D eigenvalue weighted by molar-refractivity contribution is 6.03. The number of aliphatic hydroxyl groups excluding tert-OH is 1. The molecule has 0 spiro atoms. The molecule has 1 aromatic heterocycles. The van der Waals surface area contributed by atoms with Gasteiger partial charge in [-0.05, 0) is 35.6 Å². The number of nitrogens with one attached hydrogen (secondary N) is 1. The number of aryl methyl sites for hydroxylation is 1. The highest BCUT2D eigenvalue weighted by Crippen LogP contribution is 2.34. The molecule has 2 aromatic carbocycles. The van der Waals surface area contributed by atoms with E-state index in [1.54, 1.807) is 0 Å². The zero-order valence-corrected chi connectivity index (χ0v) is 16.9. The maximum Gasteiger partial charge on any atom is 0.134 e. The molecule has 27 heavy (non-hydrogen) atoms. The number of anilines is 2. The number of aliphatic hydroxyl groups is 1. The van der Waals surface area contributed by atoms with E-state index in [4.69, 9.17) is 4.98 Å². The van der Waals surface area contributed by atoms with Crippen LogP contribution >= 0.6 is 0 Å². The van der Waals surface area contributed by atoms with Crippen LogP contribution in [-0.4, -0.2) is 37.3 Å². The predicted molar refractivity (Wildman–Crippen MR) is 116 cm³/mol. The van der Waals surface area contributed by atoms with Crippen LogP contribution in [0.4, 0.5) is 11.5 Å². The minimum atomic E-state index is -0.197. The zero-order chi connectivity index (χ0) is 19.6. The molecule has 0 aliphatic carbocycles. The van der Waals surface area contributed by atoms with Crippen molar-refractivity contribution >= 4 is 22.3 Å². The first-order valence-electron chi connectivity index (χ1n) is 9.33. The first-order valence-corrected chi connectivity index (χ1v) is 9.33. The number of hydrogen-bond donors (Lipinski definition) is 2. The standard InChI is InChI=1S/C23H29N3O/c1-16-7-6-8-19-20(17-9-11-18(12-10-17)26(4)5)13-24-22(21(16)19)25-14-23(2,3)15-27/h6-13,27H,14-15H2,1-5H3,(H,24,25). The second kappa shape index (κ2) is 7.57. The van der Waals surface area contributed by atoms with Crippen molar-refractivity contribution in [2.75, 3.05) is 37.5 Å². The lowest BCUT2D eigenvalue weighted by Crippen LogP contribution is -2.27. The van der Waals surface area contributed by atoms with Crippen LogP contribution in [0.3, 0.4) is 0 Å². The maximum absolute atomic E-state index is 9.53. The van der Waals surface area contributed by atoms with Gasteiger partial charge in [0.2, 0.25) is 0 Å². The molecule has 4 heteroatoms. The van der Waals surface area contributed by atoms with Crippen LogP contribution in [0.5, 0.6) is 0 Å². The van der Waals surface area contributed by atoms with E-state index in [1.807, 2.05) is 34.1 Å². The average Bonchev–Trinajstić information content (AvgIpc) is 2.66. The minimum Gasteiger partial charge on any atom is -0.396 e. The van der Waals surface area contributed by atoms with Gasteiger partial charge < -0.3 is 15.3 Å². The quantitative estimate of drug-likeness (QED) is 0.666. The summed E-state index contributed by atoms with van der Waals surface area (Å²) < 4.78 is 0. The Labute approximate surface area is 161 Å². The molecule has 0 aliphatic rings. The summed E-state index contributed by atoms with van der Waals surface area (Å²) in [4.78, 5) is 6.83. The second-order valence-electron chi connectivity index (χ2n) is 8.14. The third-order valence-electron chi connectivity index (χ3n) is 4.98. The van der Waals surface area contributed by atoms with Gasteiger partial charge in [-0.3, -0.25) is 0 Å². The number of pyridine rings is 1. The third kappa shape index (κ3) is 4.06. The van der Waals surface area contributed by atoms with Gasteiger partial charge in [-0.15, -0.1) is 0 Å². The molecule has 0 amide bonds. The third-order valence-corrected chi connectivity index (χ3v) is 4.98. The molecular weight excluding hydrogens is 334 g/mol. The second-order valence-corrected chi connectivity index (χ2v) is 8.14. The van der Waals surface area contributed by atoms with Crippen LogP contribution in [0, 0.1) is 12.3 Å². The van der Waals surface area contributed by atoms with Gasteiger partial charge in [0.1, 0.15) is 5.82 Å². The summed E-state index contributed by atoms with van der Waals surface area (Å²) in [5.41, 5.74) is 4.46. The predicted octanol–water partition coefficient (Wildman–Crippen LogP) is 4.71. The summed E-state index contributed by atoms with van der Waals surface area (Å²) in [6.45, 7) is 6.99. The molecule has 0 unspecified atom stereocenters. The van der Waals surface area contributed by atoms with Crippen LogP contribution in [0.1, 0.15) is 19.4 Å². The molecule has 3 rings (SSSR count). The van der Waals surface area contributed by atoms with Crippen LogP contribution < -0.4 is 10.2 Å². The number of aromatic nitrogens is 1. The van der Waals surface area contributed by atoms with Crippen molar-refractivity contribution in [3.63, 3.8) is 0 Å².